The third-order valence-corrected chi connectivity index (χ3v) is 5.65. The Bertz CT molecular complexity index is 937. The van der Waals surface area contributed by atoms with E-state index >= 15 is 0 Å². The van der Waals surface area contributed by atoms with Gasteiger partial charge in [-0.25, -0.2) is 4.39 Å². The summed E-state index contributed by atoms with van der Waals surface area (Å²) >= 11 is 0. The number of rotatable bonds is 3. The van der Waals surface area contributed by atoms with Crippen molar-refractivity contribution in [1.29, 1.82) is 0 Å². The molecule has 2 aromatic heterocycles. The molecule has 8 heteroatoms. The molecule has 2 atom stereocenters. The summed E-state index contributed by atoms with van der Waals surface area (Å²) in [6, 6.07) is 8.49. The molecule has 1 aromatic carbocycles. The molecule has 2 fully saturated rings. The molecule has 4 heterocycles. The first kappa shape index (κ1) is 16.2. The van der Waals surface area contributed by atoms with E-state index in [1.807, 2.05) is 4.90 Å². The Morgan fingerprint density at radius 3 is 2.37 bits per heavy atom. The van der Waals surface area contributed by atoms with Crippen molar-refractivity contribution in [3.05, 3.63) is 54.2 Å². The second kappa shape index (κ2) is 6.29. The van der Waals surface area contributed by atoms with Crippen molar-refractivity contribution >= 4 is 5.91 Å². The number of hydrogen-bond acceptors (Lipinski definition) is 4. The van der Waals surface area contributed by atoms with Crippen LogP contribution in [-0.2, 0) is 0 Å². The summed E-state index contributed by atoms with van der Waals surface area (Å²) in [7, 11) is 0. The summed E-state index contributed by atoms with van der Waals surface area (Å²) in [5.74, 6) is -0.313. The van der Waals surface area contributed by atoms with Crippen LogP contribution in [0.1, 0.15) is 42.2 Å². The number of benzene rings is 1. The van der Waals surface area contributed by atoms with Crippen molar-refractivity contribution in [2.24, 2.45) is 0 Å². The highest BCUT2D eigenvalue weighted by molar-refractivity contribution is 5.94. The van der Waals surface area contributed by atoms with Crippen LogP contribution in [-0.4, -0.2) is 48.1 Å². The number of amides is 1. The second-order valence-electron chi connectivity index (χ2n) is 7.25. The maximum absolute atomic E-state index is 13.1. The lowest BCUT2D eigenvalue weighted by Crippen LogP contribution is -2.47. The molecule has 2 saturated heterocycles. The van der Waals surface area contributed by atoms with Gasteiger partial charge in [0.05, 0.1) is 24.1 Å². The van der Waals surface area contributed by atoms with Crippen molar-refractivity contribution in [2.45, 2.75) is 43.8 Å². The summed E-state index contributed by atoms with van der Waals surface area (Å²) < 4.78 is 13.1. The van der Waals surface area contributed by atoms with Crippen molar-refractivity contribution in [3.63, 3.8) is 0 Å². The van der Waals surface area contributed by atoms with Gasteiger partial charge in [0, 0.05) is 17.6 Å². The summed E-state index contributed by atoms with van der Waals surface area (Å²) in [4.78, 5) is 16.9. The smallest absolute Gasteiger partial charge is 0.272 e. The number of aromatic amines is 1. The quantitative estimate of drug-likeness (QED) is 0.773. The molecule has 0 spiro atoms. The van der Waals surface area contributed by atoms with E-state index in [-0.39, 0.29) is 29.8 Å². The summed E-state index contributed by atoms with van der Waals surface area (Å²) in [5.41, 5.74) is 1.89. The molecule has 5 rings (SSSR count). The molecular weight excluding hydrogens is 347 g/mol. The zero-order valence-corrected chi connectivity index (χ0v) is 14.6. The Balaban J connectivity index is 1.35. The highest BCUT2D eigenvalue weighted by atomic mass is 19.1. The minimum Gasteiger partial charge on any atom is -0.331 e. The largest absolute Gasteiger partial charge is 0.331 e. The number of nitrogens with one attached hydrogen (secondary N) is 1. The van der Waals surface area contributed by atoms with Crippen molar-refractivity contribution in [3.8, 4) is 11.3 Å². The zero-order chi connectivity index (χ0) is 18.4. The molecule has 138 valence electrons. The van der Waals surface area contributed by atoms with E-state index < -0.39 is 0 Å². The average molecular weight is 366 g/mol. The molecule has 7 nitrogen and oxygen atoms in total. The van der Waals surface area contributed by atoms with Crippen molar-refractivity contribution in [1.82, 2.24) is 30.1 Å². The summed E-state index contributed by atoms with van der Waals surface area (Å²) in [6.07, 6.45) is 7.15. The minimum atomic E-state index is -0.295. The van der Waals surface area contributed by atoms with E-state index in [2.05, 4.69) is 20.4 Å². The highest BCUT2D eigenvalue weighted by Gasteiger charge is 2.44. The summed E-state index contributed by atoms with van der Waals surface area (Å²) in [5, 5.41) is 15.6. The van der Waals surface area contributed by atoms with Crippen LogP contribution in [0.25, 0.3) is 11.3 Å². The number of H-pyrrole nitrogens is 1. The fourth-order valence-corrected chi connectivity index (χ4v) is 4.42. The number of carbonyl (C=O) groups excluding carboxylic acids is 1. The molecule has 0 radical (unpaired) electrons. The Morgan fingerprint density at radius 1 is 1.04 bits per heavy atom. The predicted molar refractivity (Wildman–Crippen MR) is 95.3 cm³/mol. The Labute approximate surface area is 155 Å². The lowest BCUT2D eigenvalue weighted by Gasteiger charge is -2.38. The van der Waals surface area contributed by atoms with Crippen LogP contribution in [0.3, 0.4) is 0 Å². The van der Waals surface area contributed by atoms with E-state index in [0.717, 1.165) is 31.2 Å². The minimum absolute atomic E-state index is 0.0183. The van der Waals surface area contributed by atoms with E-state index in [4.69, 9.17) is 0 Å². The van der Waals surface area contributed by atoms with Crippen LogP contribution in [0.15, 0.2) is 42.7 Å². The number of carbonyl (C=O) groups is 1. The summed E-state index contributed by atoms with van der Waals surface area (Å²) in [6.45, 7) is 0. The SMILES string of the molecule is O=C(c1cc(-c2ccc(F)cc2)n[nH]1)N1C2CCC1CC(n1nccn1)C2. The van der Waals surface area contributed by atoms with E-state index in [1.54, 1.807) is 35.4 Å². The zero-order valence-electron chi connectivity index (χ0n) is 14.6. The molecule has 3 aromatic rings. The number of nitrogens with zero attached hydrogens (tertiary/aromatic N) is 5. The third kappa shape index (κ3) is 2.81. The maximum Gasteiger partial charge on any atom is 0.272 e. The molecule has 2 aliphatic heterocycles. The van der Waals surface area contributed by atoms with Gasteiger partial charge in [0.2, 0.25) is 0 Å². The first-order valence-corrected chi connectivity index (χ1v) is 9.19. The van der Waals surface area contributed by atoms with Gasteiger partial charge in [-0.1, -0.05) is 0 Å². The standard InChI is InChI=1S/C19H19FN6O/c20-13-3-1-12(2-4-13)17-11-18(24-23-17)19(27)25-14-5-6-15(25)10-16(9-14)26-21-7-8-22-26/h1-4,7-8,11,14-16H,5-6,9-10H2,(H,23,24). The van der Waals surface area contributed by atoms with Crippen LogP contribution >= 0.6 is 0 Å². The van der Waals surface area contributed by atoms with Crippen LogP contribution in [0.5, 0.6) is 0 Å². The fourth-order valence-electron chi connectivity index (χ4n) is 4.42. The second-order valence-corrected chi connectivity index (χ2v) is 7.25. The number of fused-ring (bicyclic) bond motifs is 2. The van der Waals surface area contributed by atoms with E-state index in [0.29, 0.717) is 11.4 Å². The normalized spacial score (nSPS) is 24.3. The van der Waals surface area contributed by atoms with Crippen LogP contribution < -0.4 is 0 Å². The molecule has 2 bridgehead atoms. The number of piperidine rings is 1. The van der Waals surface area contributed by atoms with Gasteiger partial charge < -0.3 is 4.90 Å². The van der Waals surface area contributed by atoms with Gasteiger partial charge in [-0.05, 0) is 56.0 Å². The highest BCUT2D eigenvalue weighted by Crippen LogP contribution is 2.41. The van der Waals surface area contributed by atoms with Gasteiger partial charge in [0.1, 0.15) is 11.5 Å². The number of hydrogen-bond donors (Lipinski definition) is 1. The van der Waals surface area contributed by atoms with Gasteiger partial charge in [-0.2, -0.15) is 20.1 Å². The lowest BCUT2D eigenvalue weighted by atomic mass is 9.97. The predicted octanol–water partition coefficient (Wildman–Crippen LogP) is 2.82. The van der Waals surface area contributed by atoms with Crippen molar-refractivity contribution in [2.75, 3.05) is 0 Å². The van der Waals surface area contributed by atoms with Crippen LogP contribution in [0.4, 0.5) is 4.39 Å². The Hall–Kier alpha value is -3.03. The first-order chi connectivity index (χ1) is 13.2. The van der Waals surface area contributed by atoms with Crippen molar-refractivity contribution < 1.29 is 9.18 Å². The third-order valence-electron chi connectivity index (χ3n) is 5.65. The van der Waals surface area contributed by atoms with Gasteiger partial charge in [0.15, 0.2) is 0 Å². The first-order valence-electron chi connectivity index (χ1n) is 9.19. The molecular formula is C19H19FN6O. The van der Waals surface area contributed by atoms with Gasteiger partial charge in [0.25, 0.3) is 5.91 Å². The monoisotopic (exact) mass is 366 g/mol. The molecule has 0 saturated carbocycles. The maximum atomic E-state index is 13.1. The topological polar surface area (TPSA) is 79.7 Å². The van der Waals surface area contributed by atoms with Gasteiger partial charge >= 0.3 is 0 Å². The molecule has 0 aliphatic carbocycles. The number of halogens is 1. The molecule has 1 N–H and O–H groups in total. The molecule has 1 amide bonds. The van der Waals surface area contributed by atoms with E-state index in [1.165, 1.54) is 12.1 Å². The molecule has 27 heavy (non-hydrogen) atoms. The van der Waals surface area contributed by atoms with Gasteiger partial charge in [-0.3, -0.25) is 9.89 Å². The molecule has 2 unspecified atom stereocenters. The van der Waals surface area contributed by atoms with Crippen LogP contribution in [0.2, 0.25) is 0 Å². The van der Waals surface area contributed by atoms with E-state index in [9.17, 15) is 9.18 Å². The lowest BCUT2D eigenvalue weighted by molar-refractivity contribution is 0.0506. The average Bonchev–Trinajstić information content (AvgIpc) is 3.42. The fraction of sp³-hybridized carbons (Fsp3) is 0.368. The Morgan fingerprint density at radius 2 is 1.70 bits per heavy atom. The Kier molecular flexibility index (Phi) is 3.77. The van der Waals surface area contributed by atoms with Crippen LogP contribution in [0, 0.1) is 5.82 Å². The number of aromatic nitrogens is 5. The molecule has 2 aliphatic rings. The van der Waals surface area contributed by atoms with Gasteiger partial charge in [-0.15, -0.1) is 0 Å².